The van der Waals surface area contributed by atoms with Gasteiger partial charge < -0.3 is 9.84 Å². The van der Waals surface area contributed by atoms with Crippen molar-refractivity contribution in [2.24, 2.45) is 0 Å². The molecule has 3 aromatic rings. The Balaban J connectivity index is 2.10. The van der Waals surface area contributed by atoms with Gasteiger partial charge in [-0.3, -0.25) is 0 Å². The van der Waals surface area contributed by atoms with Crippen LogP contribution < -0.4 is 4.74 Å². The Morgan fingerprint density at radius 2 is 1.90 bits per heavy atom. The third kappa shape index (κ3) is 2.20. The second kappa shape index (κ2) is 4.76. The first-order valence-corrected chi connectivity index (χ1v) is 7.05. The zero-order valence-corrected chi connectivity index (χ0v) is 12.3. The minimum absolute atomic E-state index is 0.184. The molecule has 0 aliphatic carbocycles. The molecule has 2 aromatic heterocycles. The summed E-state index contributed by atoms with van der Waals surface area (Å²) in [5.74, 6) is 1.29. The van der Waals surface area contributed by atoms with Crippen LogP contribution in [0.2, 0.25) is 0 Å². The normalized spacial score (nSPS) is 10.9. The minimum Gasteiger partial charge on any atom is -0.508 e. The lowest BCUT2D eigenvalue weighted by Crippen LogP contribution is -1.91. The van der Waals surface area contributed by atoms with Crippen molar-refractivity contribution in [2.45, 2.75) is 20.8 Å². The van der Waals surface area contributed by atoms with E-state index in [9.17, 15) is 5.11 Å². The van der Waals surface area contributed by atoms with Gasteiger partial charge in [0.05, 0.1) is 5.39 Å². The molecule has 1 aromatic carbocycles. The van der Waals surface area contributed by atoms with Gasteiger partial charge in [-0.15, -0.1) is 11.3 Å². The summed E-state index contributed by atoms with van der Waals surface area (Å²) >= 11 is 1.63. The van der Waals surface area contributed by atoms with Gasteiger partial charge in [-0.1, -0.05) is 0 Å². The van der Waals surface area contributed by atoms with Gasteiger partial charge in [0.2, 0.25) is 5.88 Å². The molecule has 0 saturated carbocycles. The summed E-state index contributed by atoms with van der Waals surface area (Å²) in [5.41, 5.74) is 2.07. The van der Waals surface area contributed by atoms with Crippen LogP contribution in [0.1, 0.15) is 16.0 Å². The van der Waals surface area contributed by atoms with Gasteiger partial charge in [-0.25, -0.2) is 9.97 Å². The minimum atomic E-state index is 0.184. The highest BCUT2D eigenvalue weighted by Gasteiger charge is 2.13. The predicted molar refractivity (Wildman–Crippen MR) is 79.8 cm³/mol. The lowest BCUT2D eigenvalue weighted by molar-refractivity contribution is 0.448. The van der Waals surface area contributed by atoms with Gasteiger partial charge >= 0.3 is 0 Å². The van der Waals surface area contributed by atoms with Crippen LogP contribution in [-0.4, -0.2) is 15.1 Å². The van der Waals surface area contributed by atoms with Gasteiger partial charge in [0.25, 0.3) is 0 Å². The number of benzene rings is 1. The molecule has 0 bridgehead atoms. The maximum absolute atomic E-state index is 9.63. The Labute approximate surface area is 120 Å². The molecule has 5 heteroatoms. The van der Waals surface area contributed by atoms with Crippen LogP contribution in [0.25, 0.3) is 10.2 Å². The molecule has 102 valence electrons. The number of phenols is 1. The Kier molecular flexibility index (Phi) is 3.06. The van der Waals surface area contributed by atoms with E-state index < -0.39 is 0 Å². The van der Waals surface area contributed by atoms with Crippen molar-refractivity contribution in [3.05, 3.63) is 40.5 Å². The second-order valence-electron chi connectivity index (χ2n) is 4.75. The number of hydrogen-bond acceptors (Lipinski definition) is 5. The zero-order valence-electron chi connectivity index (χ0n) is 11.5. The molecular formula is C15H14N2O2S. The van der Waals surface area contributed by atoms with E-state index in [-0.39, 0.29) is 5.75 Å². The van der Waals surface area contributed by atoms with Crippen LogP contribution in [0.5, 0.6) is 17.4 Å². The maximum Gasteiger partial charge on any atom is 0.231 e. The number of aromatic hydroxyl groups is 1. The summed E-state index contributed by atoms with van der Waals surface area (Å²) in [4.78, 5) is 10.6. The van der Waals surface area contributed by atoms with E-state index in [0.29, 0.717) is 11.6 Å². The first-order chi connectivity index (χ1) is 9.54. The predicted octanol–water partition coefficient (Wildman–Crippen LogP) is 4.11. The fraction of sp³-hybridized carbons (Fsp3) is 0.200. The number of thiophene rings is 1. The molecule has 1 N–H and O–H groups in total. The third-order valence-electron chi connectivity index (χ3n) is 3.18. The number of fused-ring (bicyclic) bond motifs is 1. The van der Waals surface area contributed by atoms with Crippen molar-refractivity contribution >= 4 is 21.6 Å². The molecule has 0 saturated heterocycles. The molecule has 0 unspecified atom stereocenters. The molecule has 4 nitrogen and oxygen atoms in total. The summed E-state index contributed by atoms with van der Waals surface area (Å²) in [7, 11) is 0. The molecule has 0 amide bonds. The van der Waals surface area contributed by atoms with Crippen molar-refractivity contribution in [3.63, 3.8) is 0 Å². The highest BCUT2D eigenvalue weighted by atomic mass is 32.1. The number of rotatable bonds is 2. The number of aryl methyl sites for hydroxylation is 3. The van der Waals surface area contributed by atoms with Gasteiger partial charge in [-0.05, 0) is 44.0 Å². The van der Waals surface area contributed by atoms with Crippen molar-refractivity contribution in [2.75, 3.05) is 0 Å². The van der Waals surface area contributed by atoms with Crippen molar-refractivity contribution in [3.8, 4) is 17.4 Å². The van der Waals surface area contributed by atoms with Crippen LogP contribution >= 0.6 is 11.3 Å². The molecule has 0 aliphatic heterocycles. The second-order valence-corrected chi connectivity index (χ2v) is 5.95. The third-order valence-corrected chi connectivity index (χ3v) is 4.30. The summed E-state index contributed by atoms with van der Waals surface area (Å²) in [5, 5.41) is 10.6. The van der Waals surface area contributed by atoms with Crippen LogP contribution in [0, 0.1) is 20.8 Å². The van der Waals surface area contributed by atoms with E-state index in [4.69, 9.17) is 4.74 Å². The molecule has 0 aliphatic rings. The average molecular weight is 286 g/mol. The summed E-state index contributed by atoms with van der Waals surface area (Å²) in [6.45, 7) is 6.00. The zero-order chi connectivity index (χ0) is 14.3. The molecule has 20 heavy (non-hydrogen) atoms. The number of phenolic OH excluding ortho intramolecular Hbond substituents is 1. The van der Waals surface area contributed by atoms with Gasteiger partial charge in [0.15, 0.2) is 0 Å². The molecule has 3 rings (SSSR count). The molecule has 0 fully saturated rings. The van der Waals surface area contributed by atoms with E-state index in [1.165, 1.54) is 11.2 Å². The SMILES string of the molecule is Cc1cc(O)cc(Oc2ncnc3sc(C)c(C)c23)c1. The first kappa shape index (κ1) is 12.9. The number of aromatic nitrogens is 2. The van der Waals surface area contributed by atoms with Crippen molar-refractivity contribution in [1.82, 2.24) is 9.97 Å². The molecule has 0 radical (unpaired) electrons. The maximum atomic E-state index is 9.63. The Hall–Kier alpha value is -2.14. The highest BCUT2D eigenvalue weighted by Crippen LogP contribution is 2.36. The van der Waals surface area contributed by atoms with Crippen LogP contribution in [-0.2, 0) is 0 Å². The summed E-state index contributed by atoms with van der Waals surface area (Å²) < 4.78 is 5.84. The van der Waals surface area contributed by atoms with E-state index in [2.05, 4.69) is 16.9 Å². The van der Waals surface area contributed by atoms with E-state index in [1.54, 1.807) is 23.5 Å². The van der Waals surface area contributed by atoms with E-state index in [1.807, 2.05) is 19.9 Å². The Morgan fingerprint density at radius 3 is 2.65 bits per heavy atom. The average Bonchev–Trinajstić information content (AvgIpc) is 2.65. The van der Waals surface area contributed by atoms with Crippen LogP contribution in [0.15, 0.2) is 24.5 Å². The topological polar surface area (TPSA) is 55.2 Å². The number of nitrogens with zero attached hydrogens (tertiary/aromatic N) is 2. The standard InChI is InChI=1S/C15H14N2O2S/c1-8-4-11(18)6-12(5-8)19-14-13-9(2)10(3)20-15(13)17-7-16-14/h4-7,18H,1-3H3. The lowest BCUT2D eigenvalue weighted by Gasteiger charge is -2.07. The fourth-order valence-electron chi connectivity index (χ4n) is 2.13. The number of hydrogen-bond donors (Lipinski definition) is 1. The monoisotopic (exact) mass is 286 g/mol. The van der Waals surface area contributed by atoms with Crippen LogP contribution in [0.4, 0.5) is 0 Å². The smallest absolute Gasteiger partial charge is 0.231 e. The first-order valence-electron chi connectivity index (χ1n) is 6.24. The molecule has 0 spiro atoms. The number of ether oxygens (including phenoxy) is 1. The quantitative estimate of drug-likeness (QED) is 0.770. The van der Waals surface area contributed by atoms with E-state index >= 15 is 0 Å². The fourth-order valence-corrected chi connectivity index (χ4v) is 3.11. The summed E-state index contributed by atoms with van der Waals surface area (Å²) in [6.07, 6.45) is 1.50. The molecule has 0 atom stereocenters. The van der Waals surface area contributed by atoms with E-state index in [0.717, 1.165) is 21.3 Å². The summed E-state index contributed by atoms with van der Waals surface area (Å²) in [6, 6.07) is 5.13. The molecular weight excluding hydrogens is 272 g/mol. The largest absolute Gasteiger partial charge is 0.508 e. The van der Waals surface area contributed by atoms with Crippen molar-refractivity contribution < 1.29 is 9.84 Å². The Bertz CT molecular complexity index is 776. The highest BCUT2D eigenvalue weighted by molar-refractivity contribution is 7.18. The Morgan fingerprint density at radius 1 is 1.10 bits per heavy atom. The molecule has 2 heterocycles. The lowest BCUT2D eigenvalue weighted by atomic mass is 10.2. The van der Waals surface area contributed by atoms with Crippen LogP contribution in [0.3, 0.4) is 0 Å². The van der Waals surface area contributed by atoms with Gasteiger partial charge in [0, 0.05) is 10.9 Å². The van der Waals surface area contributed by atoms with Gasteiger partial charge in [0.1, 0.15) is 22.7 Å². The van der Waals surface area contributed by atoms with Crippen molar-refractivity contribution in [1.29, 1.82) is 0 Å². The van der Waals surface area contributed by atoms with Gasteiger partial charge in [-0.2, -0.15) is 0 Å².